The van der Waals surface area contributed by atoms with Gasteiger partial charge in [0, 0.05) is 6.42 Å². The van der Waals surface area contributed by atoms with Crippen molar-refractivity contribution in [2.75, 3.05) is 0 Å². The first-order valence-electron chi connectivity index (χ1n) is 13.3. The van der Waals surface area contributed by atoms with Gasteiger partial charge in [-0.15, -0.1) is 0 Å². The number of carboxylic acids is 1. The molecule has 0 saturated heterocycles. The van der Waals surface area contributed by atoms with Crippen LogP contribution in [0.25, 0.3) is 0 Å². The van der Waals surface area contributed by atoms with Gasteiger partial charge in [-0.05, 0) is 50.7 Å². The van der Waals surface area contributed by atoms with E-state index in [4.69, 9.17) is 4.74 Å². The molecule has 3 amide bonds. The van der Waals surface area contributed by atoms with Crippen molar-refractivity contribution in [2.24, 2.45) is 5.92 Å². The third-order valence-corrected chi connectivity index (χ3v) is 6.26. The molecule has 0 spiro atoms. The lowest BCUT2D eigenvalue weighted by Crippen LogP contribution is -2.58. The molecule has 0 fully saturated rings. The van der Waals surface area contributed by atoms with E-state index in [9.17, 15) is 24.3 Å². The third kappa shape index (κ3) is 11.2. The molecule has 0 bridgehead atoms. The van der Waals surface area contributed by atoms with Crippen LogP contribution in [0.15, 0.2) is 60.7 Å². The summed E-state index contributed by atoms with van der Waals surface area (Å²) < 4.78 is 5.35. The summed E-state index contributed by atoms with van der Waals surface area (Å²) in [5.41, 5.74) is 0.994. The van der Waals surface area contributed by atoms with Crippen molar-refractivity contribution in [3.8, 4) is 0 Å². The molecule has 0 aliphatic carbocycles. The van der Waals surface area contributed by atoms with E-state index in [2.05, 4.69) is 16.0 Å². The molecule has 2 unspecified atom stereocenters. The van der Waals surface area contributed by atoms with Crippen LogP contribution in [0, 0.1) is 5.92 Å². The van der Waals surface area contributed by atoms with Crippen molar-refractivity contribution >= 4 is 23.9 Å². The number of hydrogen-bond donors (Lipinski definition) is 4. The molecule has 0 radical (unpaired) electrons. The smallest absolute Gasteiger partial charge is 0.408 e. The van der Waals surface area contributed by atoms with Crippen molar-refractivity contribution in [3.05, 3.63) is 71.8 Å². The zero-order valence-electron chi connectivity index (χ0n) is 23.4. The molecule has 0 aliphatic heterocycles. The highest BCUT2D eigenvalue weighted by Crippen LogP contribution is 2.13. The Labute approximate surface area is 230 Å². The standard InChI is InChI=1S/C30H41N3O6/c1-6-20(2)25(27(35)31-24(28(36)37)19-22-15-11-8-12-16-22)33-26(34)23(32-29(38)39-30(3,4)5)18-17-21-13-9-7-10-14-21/h7-16,20,23-25H,6,17-19H2,1-5H3,(H,31,35)(H,32,38)(H,33,34)(H,36,37)/t20?,23-,24-,25?/m0/s1. The molecule has 2 aromatic rings. The summed E-state index contributed by atoms with van der Waals surface area (Å²) in [6.45, 7) is 8.86. The first-order chi connectivity index (χ1) is 18.4. The quantitative estimate of drug-likeness (QED) is 0.306. The lowest BCUT2D eigenvalue weighted by atomic mass is 9.96. The minimum atomic E-state index is -1.17. The number of amides is 3. The van der Waals surface area contributed by atoms with Gasteiger partial charge in [-0.3, -0.25) is 9.59 Å². The Balaban J connectivity index is 2.19. The highest BCUT2D eigenvalue weighted by atomic mass is 16.6. The van der Waals surface area contributed by atoms with Gasteiger partial charge in [0.05, 0.1) is 0 Å². The Morgan fingerprint density at radius 3 is 1.90 bits per heavy atom. The maximum Gasteiger partial charge on any atom is 0.408 e. The van der Waals surface area contributed by atoms with E-state index in [1.807, 2.05) is 43.3 Å². The maximum atomic E-state index is 13.4. The largest absolute Gasteiger partial charge is 0.480 e. The van der Waals surface area contributed by atoms with E-state index in [0.29, 0.717) is 12.8 Å². The molecule has 4 N–H and O–H groups in total. The van der Waals surface area contributed by atoms with Gasteiger partial charge in [0.25, 0.3) is 0 Å². The second-order valence-corrected chi connectivity index (χ2v) is 10.7. The second kappa shape index (κ2) is 14.9. The predicted octanol–water partition coefficient (Wildman–Crippen LogP) is 3.86. The van der Waals surface area contributed by atoms with Crippen LogP contribution in [0.5, 0.6) is 0 Å². The molecule has 212 valence electrons. The zero-order chi connectivity index (χ0) is 29.0. The third-order valence-electron chi connectivity index (χ3n) is 6.26. The minimum absolute atomic E-state index is 0.100. The number of carboxylic acid groups (broad SMARTS) is 1. The van der Waals surface area contributed by atoms with Gasteiger partial charge in [0.2, 0.25) is 11.8 Å². The summed E-state index contributed by atoms with van der Waals surface area (Å²) in [6.07, 6.45) is 0.698. The molecular weight excluding hydrogens is 498 g/mol. The number of carbonyl (C=O) groups excluding carboxylic acids is 3. The number of benzene rings is 2. The number of ether oxygens (including phenoxy) is 1. The molecule has 0 heterocycles. The van der Waals surface area contributed by atoms with Crippen LogP contribution in [0.2, 0.25) is 0 Å². The summed E-state index contributed by atoms with van der Waals surface area (Å²) >= 11 is 0. The molecule has 2 aromatic carbocycles. The van der Waals surface area contributed by atoms with E-state index in [1.165, 1.54) is 0 Å². The second-order valence-electron chi connectivity index (χ2n) is 10.7. The van der Waals surface area contributed by atoms with Crippen LogP contribution in [0.3, 0.4) is 0 Å². The fourth-order valence-corrected chi connectivity index (χ4v) is 3.94. The first kappa shape index (κ1) is 31.3. The van der Waals surface area contributed by atoms with Gasteiger partial charge >= 0.3 is 12.1 Å². The van der Waals surface area contributed by atoms with E-state index in [0.717, 1.165) is 11.1 Å². The Kier molecular flexibility index (Phi) is 12.0. The Hall–Kier alpha value is -3.88. The molecular formula is C30H41N3O6. The summed E-state index contributed by atoms with van der Waals surface area (Å²) in [6, 6.07) is 15.4. The first-order valence-corrected chi connectivity index (χ1v) is 13.3. The molecule has 4 atom stereocenters. The lowest BCUT2D eigenvalue weighted by molar-refractivity contribution is -0.142. The van der Waals surface area contributed by atoms with Crippen LogP contribution < -0.4 is 16.0 Å². The highest BCUT2D eigenvalue weighted by molar-refractivity contribution is 5.93. The summed E-state index contributed by atoms with van der Waals surface area (Å²) in [4.78, 5) is 51.2. The van der Waals surface area contributed by atoms with Crippen molar-refractivity contribution in [2.45, 2.75) is 84.0 Å². The van der Waals surface area contributed by atoms with Gasteiger partial charge < -0.3 is 25.8 Å². The average molecular weight is 540 g/mol. The van der Waals surface area contributed by atoms with Crippen molar-refractivity contribution < 1.29 is 29.0 Å². The van der Waals surface area contributed by atoms with Crippen LogP contribution in [0.1, 0.15) is 58.6 Å². The van der Waals surface area contributed by atoms with Gasteiger partial charge in [-0.25, -0.2) is 9.59 Å². The van der Waals surface area contributed by atoms with Gasteiger partial charge in [0.15, 0.2) is 0 Å². The van der Waals surface area contributed by atoms with Crippen LogP contribution >= 0.6 is 0 Å². The Morgan fingerprint density at radius 1 is 0.821 bits per heavy atom. The Bertz CT molecular complexity index is 1080. The fourth-order valence-electron chi connectivity index (χ4n) is 3.94. The van der Waals surface area contributed by atoms with Crippen LogP contribution in [-0.4, -0.2) is 52.7 Å². The summed E-state index contributed by atoms with van der Waals surface area (Å²) in [5, 5.41) is 17.7. The van der Waals surface area contributed by atoms with Crippen LogP contribution in [0.4, 0.5) is 4.79 Å². The minimum Gasteiger partial charge on any atom is -0.480 e. The molecule has 0 aliphatic rings. The van der Waals surface area contributed by atoms with Gasteiger partial charge in [-0.1, -0.05) is 80.9 Å². The number of alkyl carbamates (subject to hydrolysis) is 1. The van der Waals surface area contributed by atoms with E-state index < -0.39 is 47.6 Å². The van der Waals surface area contributed by atoms with E-state index in [1.54, 1.807) is 52.0 Å². The molecule has 9 nitrogen and oxygen atoms in total. The molecule has 2 rings (SSSR count). The normalized spacial score (nSPS) is 14.3. The monoisotopic (exact) mass is 539 g/mol. The average Bonchev–Trinajstić information content (AvgIpc) is 2.88. The number of rotatable bonds is 13. The highest BCUT2D eigenvalue weighted by Gasteiger charge is 2.33. The van der Waals surface area contributed by atoms with Crippen molar-refractivity contribution in [1.82, 2.24) is 16.0 Å². The molecule has 0 aromatic heterocycles. The number of carbonyl (C=O) groups is 4. The molecule has 39 heavy (non-hydrogen) atoms. The number of hydrogen-bond acceptors (Lipinski definition) is 5. The summed E-state index contributed by atoms with van der Waals surface area (Å²) in [5.74, 6) is -2.61. The molecule has 9 heteroatoms. The lowest BCUT2D eigenvalue weighted by Gasteiger charge is -2.28. The van der Waals surface area contributed by atoms with E-state index in [-0.39, 0.29) is 18.8 Å². The molecule has 0 saturated carbocycles. The van der Waals surface area contributed by atoms with Crippen molar-refractivity contribution in [1.29, 1.82) is 0 Å². The SMILES string of the molecule is CCC(C)C(NC(=O)[C@H](CCc1ccccc1)NC(=O)OC(C)(C)C)C(=O)N[C@@H](Cc1ccccc1)C(=O)O. The number of aryl methyl sites for hydroxylation is 1. The van der Waals surface area contributed by atoms with E-state index >= 15 is 0 Å². The Morgan fingerprint density at radius 2 is 1.38 bits per heavy atom. The number of nitrogens with one attached hydrogen (secondary N) is 3. The topological polar surface area (TPSA) is 134 Å². The maximum absolute atomic E-state index is 13.4. The van der Waals surface area contributed by atoms with Crippen molar-refractivity contribution in [3.63, 3.8) is 0 Å². The predicted molar refractivity (Wildman–Crippen MR) is 149 cm³/mol. The number of aliphatic carboxylic acids is 1. The van der Waals surface area contributed by atoms with Gasteiger partial charge in [0.1, 0.15) is 23.7 Å². The summed E-state index contributed by atoms with van der Waals surface area (Å²) in [7, 11) is 0. The fraction of sp³-hybridized carbons (Fsp3) is 0.467. The zero-order valence-corrected chi connectivity index (χ0v) is 23.4. The van der Waals surface area contributed by atoms with Gasteiger partial charge in [-0.2, -0.15) is 0 Å². The van der Waals surface area contributed by atoms with Crippen LogP contribution in [-0.2, 0) is 32.0 Å².